The Morgan fingerprint density at radius 3 is 1.83 bits per heavy atom. The number of rotatable bonds is 8. The summed E-state index contributed by atoms with van der Waals surface area (Å²) in [6.45, 7) is 9.98. The average Bonchev–Trinajstić information content (AvgIpc) is 2.65. The minimum Gasteiger partial charge on any atom is -0.239 e. The van der Waals surface area contributed by atoms with Crippen LogP contribution < -0.4 is 0 Å². The Morgan fingerprint density at radius 1 is 0.897 bits per heavy atom. The molecule has 0 unspecified atom stereocenters. The van der Waals surface area contributed by atoms with Gasteiger partial charge in [-0.3, -0.25) is 0 Å². The van der Waals surface area contributed by atoms with E-state index in [1.807, 2.05) is 39.8 Å². The highest BCUT2D eigenvalue weighted by Gasteiger charge is 2.21. The smallest absolute Gasteiger partial charge is 0.239 e. The van der Waals surface area contributed by atoms with Crippen molar-refractivity contribution in [3.8, 4) is 0 Å². The van der Waals surface area contributed by atoms with Crippen molar-refractivity contribution in [2.24, 2.45) is 9.69 Å². The van der Waals surface area contributed by atoms with Crippen molar-refractivity contribution < 1.29 is 12.6 Å². The first kappa shape index (κ1) is 23.4. The van der Waals surface area contributed by atoms with Crippen LogP contribution >= 0.6 is 0 Å². The maximum atomic E-state index is 14.0. The van der Waals surface area contributed by atoms with Gasteiger partial charge in [0.1, 0.15) is 9.73 Å². The van der Waals surface area contributed by atoms with Gasteiger partial charge in [-0.25, -0.2) is 4.21 Å². The van der Waals surface area contributed by atoms with E-state index in [-0.39, 0.29) is 10.8 Å². The monoisotopic (exact) mass is 433 g/mol. The van der Waals surface area contributed by atoms with E-state index in [0.717, 1.165) is 36.0 Å². The first-order valence-corrected chi connectivity index (χ1v) is 13.0. The summed E-state index contributed by atoms with van der Waals surface area (Å²) in [6, 6.07) is 13.5. The standard InChI is InChI=1S/C23H31NO3S2/c1-6-7-8-21(18(2)3)17-28(25,22-13-9-19(4)10-14-22)24-29(26,27)23-15-11-20(5)12-16-23/h9-18H,6-8H2,1-5H3/t28-/m0/s1. The third-order valence-electron chi connectivity index (χ3n) is 4.76. The molecule has 158 valence electrons. The maximum Gasteiger partial charge on any atom is 0.290 e. The summed E-state index contributed by atoms with van der Waals surface area (Å²) in [6.07, 6.45) is 2.74. The van der Waals surface area contributed by atoms with E-state index in [1.165, 1.54) is 12.1 Å². The molecule has 4 nitrogen and oxygen atoms in total. The molecule has 0 N–H and O–H groups in total. The van der Waals surface area contributed by atoms with Gasteiger partial charge in [0.15, 0.2) is 0 Å². The molecule has 1 atom stereocenters. The Morgan fingerprint density at radius 2 is 1.38 bits per heavy atom. The van der Waals surface area contributed by atoms with E-state index in [1.54, 1.807) is 29.7 Å². The van der Waals surface area contributed by atoms with Gasteiger partial charge in [-0.1, -0.05) is 71.9 Å². The summed E-state index contributed by atoms with van der Waals surface area (Å²) in [5, 5.41) is 1.60. The zero-order valence-corrected chi connectivity index (χ0v) is 19.5. The summed E-state index contributed by atoms with van der Waals surface area (Å²) < 4.78 is 44.0. The van der Waals surface area contributed by atoms with Crippen molar-refractivity contribution in [1.82, 2.24) is 0 Å². The lowest BCUT2D eigenvalue weighted by atomic mass is 10.00. The molecule has 0 bridgehead atoms. The highest BCUT2D eigenvalue weighted by atomic mass is 32.3. The van der Waals surface area contributed by atoms with Crippen molar-refractivity contribution in [3.63, 3.8) is 0 Å². The second-order valence-corrected chi connectivity index (χ2v) is 11.6. The summed E-state index contributed by atoms with van der Waals surface area (Å²) in [5.74, 6) is 0.158. The lowest BCUT2D eigenvalue weighted by molar-refractivity contribution is 0.598. The van der Waals surface area contributed by atoms with Gasteiger partial charge in [0, 0.05) is 5.41 Å². The van der Waals surface area contributed by atoms with E-state index >= 15 is 0 Å². The van der Waals surface area contributed by atoms with E-state index in [2.05, 4.69) is 10.7 Å². The van der Waals surface area contributed by atoms with Gasteiger partial charge in [0.25, 0.3) is 10.0 Å². The highest BCUT2D eigenvalue weighted by Crippen LogP contribution is 2.27. The van der Waals surface area contributed by atoms with Gasteiger partial charge in [-0.2, -0.15) is 8.42 Å². The quantitative estimate of drug-likeness (QED) is 0.494. The number of aryl methyl sites for hydroxylation is 2. The first-order chi connectivity index (χ1) is 13.6. The lowest BCUT2D eigenvalue weighted by Gasteiger charge is -2.14. The summed E-state index contributed by atoms with van der Waals surface area (Å²) in [5.41, 5.74) is 2.93. The molecule has 2 aromatic carbocycles. The average molecular weight is 434 g/mol. The molecule has 29 heavy (non-hydrogen) atoms. The van der Waals surface area contributed by atoms with E-state index in [9.17, 15) is 12.6 Å². The van der Waals surface area contributed by atoms with Crippen LogP contribution in [0.2, 0.25) is 0 Å². The zero-order chi connectivity index (χ0) is 21.7. The lowest BCUT2D eigenvalue weighted by Crippen LogP contribution is -2.07. The predicted molar refractivity (Wildman–Crippen MR) is 121 cm³/mol. The third-order valence-corrected chi connectivity index (χ3v) is 8.87. The molecule has 2 rings (SSSR count). The molecule has 0 spiro atoms. The van der Waals surface area contributed by atoms with E-state index in [4.69, 9.17) is 0 Å². The van der Waals surface area contributed by atoms with Gasteiger partial charge < -0.3 is 0 Å². The third kappa shape index (κ3) is 6.28. The molecule has 0 amide bonds. The van der Waals surface area contributed by atoms with Crippen LogP contribution in [0.5, 0.6) is 0 Å². The molecule has 0 saturated heterocycles. The number of nitrogens with zero attached hydrogens (tertiary/aromatic N) is 1. The summed E-state index contributed by atoms with van der Waals surface area (Å²) in [4.78, 5) is 0.462. The number of benzene rings is 2. The van der Waals surface area contributed by atoms with Crippen molar-refractivity contribution in [3.05, 3.63) is 70.6 Å². The van der Waals surface area contributed by atoms with Crippen LogP contribution in [0.3, 0.4) is 0 Å². The van der Waals surface area contributed by atoms with Gasteiger partial charge in [0.05, 0.1) is 9.79 Å². The fraction of sp³-hybridized carbons (Fsp3) is 0.391. The molecular formula is C23H31NO3S2. The molecule has 2 aromatic rings. The highest BCUT2D eigenvalue weighted by molar-refractivity contribution is 8.05. The fourth-order valence-electron chi connectivity index (χ4n) is 2.83. The SMILES string of the molecule is CCCCC(=C[S@@](=O)(=NS(=O)(=O)c1ccc(C)cc1)c1ccc(C)cc1)C(C)C. The Bertz CT molecular complexity index is 1070. The molecule has 6 heteroatoms. The van der Waals surface area contributed by atoms with Gasteiger partial charge in [-0.15, -0.1) is 0 Å². The van der Waals surface area contributed by atoms with Crippen LogP contribution in [0, 0.1) is 19.8 Å². The second kappa shape index (κ2) is 9.72. The van der Waals surface area contributed by atoms with Crippen LogP contribution in [-0.4, -0.2) is 12.6 Å². The molecule has 0 aromatic heterocycles. The number of unbranched alkanes of at least 4 members (excludes halogenated alkanes) is 1. The van der Waals surface area contributed by atoms with Crippen molar-refractivity contribution in [2.45, 2.75) is 63.7 Å². The molecule has 0 aliphatic heterocycles. The van der Waals surface area contributed by atoms with Crippen LogP contribution in [-0.2, 0) is 19.8 Å². The van der Waals surface area contributed by atoms with Gasteiger partial charge in [0.2, 0.25) is 0 Å². The Kier molecular flexibility index (Phi) is 7.83. The Balaban J connectivity index is 2.72. The summed E-state index contributed by atoms with van der Waals surface area (Å²) in [7, 11) is -7.38. The molecule has 0 heterocycles. The van der Waals surface area contributed by atoms with Crippen LogP contribution in [0.25, 0.3) is 0 Å². The number of hydrogen-bond acceptors (Lipinski definition) is 3. The summed E-state index contributed by atoms with van der Waals surface area (Å²) >= 11 is 0. The maximum absolute atomic E-state index is 14.0. The number of sulfonamides is 1. The van der Waals surface area contributed by atoms with Crippen LogP contribution in [0.15, 0.2) is 73.1 Å². The molecule has 0 radical (unpaired) electrons. The normalized spacial score (nSPS) is 14.6. The minimum atomic E-state index is -4.08. The molecule has 0 fully saturated rings. The van der Waals surface area contributed by atoms with Gasteiger partial charge >= 0.3 is 0 Å². The predicted octanol–water partition coefficient (Wildman–Crippen LogP) is 6.25. The largest absolute Gasteiger partial charge is 0.290 e. The van der Waals surface area contributed by atoms with Crippen LogP contribution in [0.4, 0.5) is 0 Å². The van der Waals surface area contributed by atoms with Crippen molar-refractivity contribution >= 4 is 19.8 Å². The molecule has 0 aliphatic rings. The fourth-order valence-corrected chi connectivity index (χ4v) is 6.80. The van der Waals surface area contributed by atoms with E-state index < -0.39 is 19.8 Å². The topological polar surface area (TPSA) is 63.6 Å². The number of allylic oxidation sites excluding steroid dienone is 1. The van der Waals surface area contributed by atoms with Crippen molar-refractivity contribution in [1.29, 1.82) is 0 Å². The molecule has 0 aliphatic carbocycles. The number of hydrogen-bond donors (Lipinski definition) is 0. The first-order valence-electron chi connectivity index (χ1n) is 9.94. The molecule has 0 saturated carbocycles. The van der Waals surface area contributed by atoms with Gasteiger partial charge in [-0.05, 0) is 56.9 Å². The van der Waals surface area contributed by atoms with Crippen molar-refractivity contribution in [2.75, 3.05) is 0 Å². The second-order valence-electron chi connectivity index (χ2n) is 7.70. The Labute approximate surface area is 176 Å². The zero-order valence-electron chi connectivity index (χ0n) is 17.9. The molecular weight excluding hydrogens is 402 g/mol. The van der Waals surface area contributed by atoms with E-state index in [0.29, 0.717) is 4.90 Å². The Hall–Kier alpha value is -1.92. The van der Waals surface area contributed by atoms with Crippen LogP contribution in [0.1, 0.15) is 51.2 Å². The minimum absolute atomic E-state index is 0.0518.